The highest BCUT2D eigenvalue weighted by atomic mass is 16.5. The standard InChI is InChI=1S/C16H16BN4O3/c1-23-14-4-3-12(9-15(14)24-2)10-19-20-16(22)13-5-7-21(8-6-13)17-11-18/h3-9,19H,10H2,1-2H3/q-1/p+1. The summed E-state index contributed by atoms with van der Waals surface area (Å²) in [6.07, 6.45) is 3.26. The van der Waals surface area contributed by atoms with Gasteiger partial charge in [-0.1, -0.05) is 6.07 Å². The van der Waals surface area contributed by atoms with E-state index in [2.05, 4.69) is 10.9 Å². The molecule has 0 bridgehead atoms. The number of hydrogen-bond acceptors (Lipinski definition) is 5. The predicted octanol–water partition coefficient (Wildman–Crippen LogP) is 0.374. The first-order valence-electron chi connectivity index (χ1n) is 7.15. The Morgan fingerprint density at radius 1 is 1.21 bits per heavy atom. The summed E-state index contributed by atoms with van der Waals surface area (Å²) in [5.74, 6) is 2.92. The highest BCUT2D eigenvalue weighted by Crippen LogP contribution is 2.27. The number of nitriles is 1. The molecule has 0 spiro atoms. The van der Waals surface area contributed by atoms with Crippen molar-refractivity contribution in [3.63, 3.8) is 0 Å². The molecule has 0 aliphatic heterocycles. The minimum atomic E-state index is -0.264. The normalized spacial score (nSPS) is 9.88. The zero-order valence-corrected chi connectivity index (χ0v) is 13.4. The van der Waals surface area contributed by atoms with Crippen molar-refractivity contribution < 1.29 is 18.7 Å². The van der Waals surface area contributed by atoms with Crippen LogP contribution in [0, 0.1) is 11.2 Å². The van der Waals surface area contributed by atoms with Gasteiger partial charge in [0.1, 0.15) is 12.4 Å². The molecule has 1 aromatic heterocycles. The first kappa shape index (κ1) is 17.3. The quantitative estimate of drug-likeness (QED) is 0.568. The minimum absolute atomic E-state index is 0.264. The lowest BCUT2D eigenvalue weighted by atomic mass is 9.98. The largest absolute Gasteiger partial charge is 0.493 e. The maximum Gasteiger partial charge on any atom is 0.265 e. The maximum absolute atomic E-state index is 12.0. The molecule has 0 aliphatic rings. The number of methoxy groups -OCH3 is 2. The summed E-state index contributed by atoms with van der Waals surface area (Å²) in [5.41, 5.74) is 6.90. The molecule has 2 rings (SSSR count). The number of benzene rings is 1. The van der Waals surface area contributed by atoms with Crippen LogP contribution in [-0.4, -0.2) is 27.5 Å². The monoisotopic (exact) mass is 324 g/mol. The Morgan fingerprint density at radius 3 is 2.54 bits per heavy atom. The Hall–Kier alpha value is -3.05. The summed E-state index contributed by atoms with van der Waals surface area (Å²) in [5, 5.41) is 8.56. The molecule has 8 heteroatoms. The van der Waals surface area contributed by atoms with Gasteiger partial charge in [-0.25, -0.2) is 10.7 Å². The van der Waals surface area contributed by atoms with Gasteiger partial charge < -0.3 is 14.0 Å². The lowest BCUT2D eigenvalue weighted by Crippen LogP contribution is -2.40. The van der Waals surface area contributed by atoms with Gasteiger partial charge >= 0.3 is 0 Å². The van der Waals surface area contributed by atoms with Crippen molar-refractivity contribution in [3.05, 3.63) is 53.9 Å². The van der Waals surface area contributed by atoms with Crippen LogP contribution in [0.25, 0.3) is 0 Å². The molecule has 1 amide bonds. The van der Waals surface area contributed by atoms with Crippen LogP contribution in [0.3, 0.4) is 0 Å². The predicted molar refractivity (Wildman–Crippen MR) is 87.3 cm³/mol. The number of aromatic nitrogens is 1. The topological polar surface area (TPSA) is 87.3 Å². The van der Waals surface area contributed by atoms with E-state index in [1.807, 2.05) is 18.1 Å². The lowest BCUT2D eigenvalue weighted by Gasteiger charge is -2.11. The Kier molecular flexibility index (Phi) is 6.17. The molecule has 1 heterocycles. The second-order valence-corrected chi connectivity index (χ2v) is 4.79. The molecule has 0 aliphatic carbocycles. The van der Waals surface area contributed by atoms with Crippen molar-refractivity contribution in [1.29, 1.82) is 5.26 Å². The van der Waals surface area contributed by atoms with Gasteiger partial charge in [0.25, 0.3) is 5.91 Å². The first-order chi connectivity index (χ1) is 11.7. The molecule has 0 unspecified atom stereocenters. The number of amides is 1. The van der Waals surface area contributed by atoms with Gasteiger partial charge in [0.05, 0.1) is 19.8 Å². The summed E-state index contributed by atoms with van der Waals surface area (Å²) in [7, 11) is 4.48. The van der Waals surface area contributed by atoms with Crippen LogP contribution < -0.4 is 24.8 Å². The molecule has 7 nitrogen and oxygen atoms in total. The van der Waals surface area contributed by atoms with Crippen LogP contribution in [0.2, 0.25) is 0 Å². The van der Waals surface area contributed by atoms with Crippen LogP contribution in [0.1, 0.15) is 15.9 Å². The third kappa shape index (κ3) is 4.47. The molecule has 0 atom stereocenters. The average Bonchev–Trinajstić information content (AvgIpc) is 2.62. The average molecular weight is 324 g/mol. The summed E-state index contributed by atoms with van der Waals surface area (Å²) >= 11 is 0. The summed E-state index contributed by atoms with van der Waals surface area (Å²) in [4.78, 5) is 12.0. The SMILES string of the molecule is COc1ccc(CNNC(=O)c2cc[n+]([B-]C#N)cc2)cc1OC. The van der Waals surface area contributed by atoms with Gasteiger partial charge in [0.2, 0.25) is 7.41 Å². The highest BCUT2D eigenvalue weighted by molar-refractivity contribution is 6.35. The van der Waals surface area contributed by atoms with Gasteiger partial charge in [-0.05, 0) is 17.7 Å². The van der Waals surface area contributed by atoms with Gasteiger partial charge in [-0.3, -0.25) is 10.2 Å². The molecular weight excluding hydrogens is 307 g/mol. The zero-order valence-electron chi connectivity index (χ0n) is 13.4. The molecule has 1 aromatic carbocycles. The Labute approximate surface area is 141 Å². The van der Waals surface area contributed by atoms with Gasteiger partial charge in [-0.2, -0.15) is 0 Å². The number of nitrogens with zero attached hydrogens (tertiary/aromatic N) is 2. The van der Waals surface area contributed by atoms with E-state index in [0.29, 0.717) is 23.6 Å². The van der Waals surface area contributed by atoms with E-state index in [1.165, 1.54) is 7.41 Å². The fourth-order valence-corrected chi connectivity index (χ4v) is 2.03. The molecule has 2 radical (unpaired) electrons. The number of hydrogen-bond donors (Lipinski definition) is 2. The fourth-order valence-electron chi connectivity index (χ4n) is 2.03. The number of hydrazine groups is 1. The fraction of sp³-hybridized carbons (Fsp3) is 0.188. The third-order valence-electron chi connectivity index (χ3n) is 3.26. The minimum Gasteiger partial charge on any atom is -0.493 e. The van der Waals surface area contributed by atoms with E-state index < -0.39 is 0 Å². The highest BCUT2D eigenvalue weighted by Gasteiger charge is 2.07. The summed E-state index contributed by atoms with van der Waals surface area (Å²) in [6, 6.07) is 8.77. The van der Waals surface area contributed by atoms with Crippen LogP contribution >= 0.6 is 0 Å². The molecule has 0 saturated heterocycles. The van der Waals surface area contributed by atoms with E-state index in [-0.39, 0.29) is 5.91 Å². The van der Waals surface area contributed by atoms with Crippen molar-refractivity contribution in [2.24, 2.45) is 0 Å². The second-order valence-electron chi connectivity index (χ2n) is 4.79. The first-order valence-corrected chi connectivity index (χ1v) is 7.15. The van der Waals surface area contributed by atoms with Gasteiger partial charge in [-0.15, -0.1) is 5.97 Å². The Bertz CT molecular complexity index is 744. The van der Waals surface area contributed by atoms with Crippen LogP contribution in [0.15, 0.2) is 42.7 Å². The van der Waals surface area contributed by atoms with E-state index in [9.17, 15) is 4.79 Å². The van der Waals surface area contributed by atoms with Crippen LogP contribution in [-0.2, 0) is 6.54 Å². The lowest BCUT2D eigenvalue weighted by molar-refractivity contribution is -0.527. The van der Waals surface area contributed by atoms with Crippen LogP contribution in [0.4, 0.5) is 0 Å². The molecule has 0 saturated carbocycles. The van der Waals surface area contributed by atoms with E-state index in [0.717, 1.165) is 5.56 Å². The van der Waals surface area contributed by atoms with Gasteiger partial charge in [0, 0.05) is 18.7 Å². The molecule has 24 heavy (non-hydrogen) atoms. The maximum atomic E-state index is 12.0. The molecule has 122 valence electrons. The van der Waals surface area contributed by atoms with Crippen molar-refractivity contribution in [1.82, 2.24) is 10.9 Å². The van der Waals surface area contributed by atoms with Crippen LogP contribution in [0.5, 0.6) is 11.5 Å². The molecule has 0 fully saturated rings. The van der Waals surface area contributed by atoms with E-state index in [1.54, 1.807) is 49.3 Å². The van der Waals surface area contributed by atoms with Crippen molar-refractivity contribution in [3.8, 4) is 17.5 Å². The van der Waals surface area contributed by atoms with Crippen molar-refractivity contribution in [2.45, 2.75) is 6.54 Å². The number of carbonyl (C=O) groups is 1. The number of nitrogens with one attached hydrogen (secondary N) is 2. The smallest absolute Gasteiger partial charge is 0.265 e. The van der Waals surface area contributed by atoms with Crippen molar-refractivity contribution >= 4 is 13.3 Å². The number of ether oxygens (including phenoxy) is 2. The molecular formula is C16H17BN4O3. The van der Waals surface area contributed by atoms with E-state index in [4.69, 9.17) is 14.7 Å². The zero-order chi connectivity index (χ0) is 17.4. The van der Waals surface area contributed by atoms with Gasteiger partial charge in [0.15, 0.2) is 11.5 Å². The number of rotatable bonds is 7. The number of carbonyl (C=O) groups excluding carboxylic acids is 1. The third-order valence-corrected chi connectivity index (χ3v) is 3.26. The second kappa shape index (κ2) is 8.55. The molecule has 2 N–H and O–H groups in total. The molecule has 2 aromatic rings. The summed E-state index contributed by atoms with van der Waals surface area (Å²) in [6.45, 7) is 0.432. The summed E-state index contributed by atoms with van der Waals surface area (Å²) < 4.78 is 12.0. The Balaban J connectivity index is 1.89. The van der Waals surface area contributed by atoms with E-state index >= 15 is 0 Å². The number of pyridine rings is 1. The Morgan fingerprint density at radius 2 is 1.92 bits per heavy atom. The van der Waals surface area contributed by atoms with Crippen molar-refractivity contribution in [2.75, 3.05) is 14.2 Å².